The van der Waals surface area contributed by atoms with Crippen molar-refractivity contribution in [1.82, 2.24) is 0 Å². The van der Waals surface area contributed by atoms with Crippen LogP contribution in [0.15, 0.2) is 49.5 Å². The molecule has 4 rings (SSSR count). The highest BCUT2D eigenvalue weighted by molar-refractivity contribution is 8.26. The van der Waals surface area contributed by atoms with Gasteiger partial charge >= 0.3 is 36.0 Å². The number of amides is 1. The summed E-state index contributed by atoms with van der Waals surface area (Å²) in [5, 5.41) is 0. The number of hydrogen-bond donors (Lipinski definition) is 0. The van der Waals surface area contributed by atoms with Crippen molar-refractivity contribution < 1.29 is 56.1 Å². The first kappa shape index (κ1) is 31.6. The van der Waals surface area contributed by atoms with E-state index in [9.17, 15) is 37.1 Å². The molecule has 16 heteroatoms. The largest absolute Gasteiger partial charge is 0.471 e. The highest BCUT2D eigenvalue weighted by atomic mass is 32.2. The van der Waals surface area contributed by atoms with Crippen molar-refractivity contribution in [3.63, 3.8) is 0 Å². The second kappa shape index (κ2) is 11.0. The molecule has 0 saturated carbocycles. The number of ether oxygens (including phenoxy) is 4. The van der Waals surface area contributed by atoms with E-state index in [1.165, 1.54) is 38.1 Å². The summed E-state index contributed by atoms with van der Waals surface area (Å²) < 4.78 is 59.7. The molecule has 3 aliphatic heterocycles. The van der Waals surface area contributed by atoms with Gasteiger partial charge in [-0.2, -0.15) is 13.2 Å². The summed E-state index contributed by atoms with van der Waals surface area (Å²) in [6.07, 6.45) is -5.27. The number of rotatable bonds is 4. The van der Waals surface area contributed by atoms with Gasteiger partial charge in [-0.15, -0.1) is 0 Å². The van der Waals surface area contributed by atoms with E-state index in [0.717, 1.165) is 28.4 Å². The molecule has 0 fully saturated rings. The molecule has 3 aliphatic rings. The summed E-state index contributed by atoms with van der Waals surface area (Å²) in [6.45, 7) is 2.70. The third-order valence-electron chi connectivity index (χ3n) is 6.49. The Hall–Kier alpha value is -3.37. The molecule has 0 radical (unpaired) electrons. The van der Waals surface area contributed by atoms with Crippen molar-refractivity contribution in [2.45, 2.75) is 29.6 Å². The van der Waals surface area contributed by atoms with Crippen LogP contribution in [0.25, 0.3) is 5.57 Å². The summed E-state index contributed by atoms with van der Waals surface area (Å²) in [5.41, 5.74) is -2.02. The number of carbonyl (C=O) groups is 5. The normalized spacial score (nSPS) is 18.8. The maximum atomic E-state index is 13.9. The maximum absolute atomic E-state index is 13.9. The molecule has 1 aromatic rings. The third-order valence-corrected chi connectivity index (χ3v) is 11.1. The molecule has 1 amide bonds. The van der Waals surface area contributed by atoms with E-state index in [1.807, 2.05) is 0 Å². The number of halogens is 3. The summed E-state index contributed by atoms with van der Waals surface area (Å²) in [7, 11) is 4.22. The number of benzene rings is 1. The Morgan fingerprint density at radius 2 is 1.24 bits per heavy atom. The van der Waals surface area contributed by atoms with Crippen LogP contribution >= 0.6 is 35.3 Å². The number of thioether (sulfide) groups is 3. The lowest BCUT2D eigenvalue weighted by Gasteiger charge is -2.50. The molecule has 3 heterocycles. The van der Waals surface area contributed by atoms with Crippen molar-refractivity contribution >= 4 is 76.3 Å². The Kier molecular flexibility index (Phi) is 8.30. The Labute approximate surface area is 250 Å². The smallest absolute Gasteiger partial charge is 0.466 e. The van der Waals surface area contributed by atoms with E-state index in [4.69, 9.17) is 18.9 Å². The molecule has 0 N–H and O–H groups in total. The lowest BCUT2D eigenvalue weighted by molar-refractivity contribution is -0.171. The lowest BCUT2D eigenvalue weighted by Crippen LogP contribution is -2.57. The van der Waals surface area contributed by atoms with Crippen LogP contribution in [0.5, 0.6) is 0 Å². The van der Waals surface area contributed by atoms with Gasteiger partial charge in [-0.3, -0.25) is 9.69 Å². The van der Waals surface area contributed by atoms with E-state index in [-0.39, 0.29) is 42.0 Å². The maximum Gasteiger partial charge on any atom is 0.471 e. The number of nitrogens with zero attached hydrogens (tertiary/aromatic N) is 1. The van der Waals surface area contributed by atoms with Crippen LogP contribution in [0.1, 0.15) is 19.4 Å². The lowest BCUT2D eigenvalue weighted by atomic mass is 9.83. The molecule has 42 heavy (non-hydrogen) atoms. The molecule has 224 valence electrons. The highest BCUT2D eigenvalue weighted by Gasteiger charge is 2.63. The Bertz CT molecular complexity index is 1500. The van der Waals surface area contributed by atoms with Crippen LogP contribution in [0.4, 0.5) is 18.9 Å². The van der Waals surface area contributed by atoms with Gasteiger partial charge in [0.2, 0.25) is 0 Å². The molecule has 0 saturated heterocycles. The second-order valence-electron chi connectivity index (χ2n) is 9.17. The fourth-order valence-electron chi connectivity index (χ4n) is 4.76. The third kappa shape index (κ3) is 4.68. The zero-order valence-corrected chi connectivity index (χ0v) is 25.2. The van der Waals surface area contributed by atoms with Gasteiger partial charge in [-0.05, 0) is 19.9 Å². The molecule has 0 aromatic heterocycles. The van der Waals surface area contributed by atoms with E-state index < -0.39 is 45.6 Å². The first-order chi connectivity index (χ1) is 19.6. The number of fused-ring (bicyclic) bond motifs is 3. The van der Waals surface area contributed by atoms with Gasteiger partial charge in [0.25, 0.3) is 0 Å². The van der Waals surface area contributed by atoms with Gasteiger partial charge < -0.3 is 18.9 Å². The Morgan fingerprint density at radius 1 is 0.762 bits per heavy atom. The van der Waals surface area contributed by atoms with Crippen LogP contribution in [-0.4, -0.2) is 74.0 Å². The summed E-state index contributed by atoms with van der Waals surface area (Å²) in [6, 6.07) is 5.68. The van der Waals surface area contributed by atoms with Gasteiger partial charge in [0.1, 0.15) is 18.8 Å². The van der Waals surface area contributed by atoms with Gasteiger partial charge in [-0.25, -0.2) is 19.2 Å². The zero-order valence-electron chi connectivity index (χ0n) is 22.8. The van der Waals surface area contributed by atoms with Crippen LogP contribution in [0.3, 0.4) is 0 Å². The van der Waals surface area contributed by atoms with Gasteiger partial charge in [0.05, 0.1) is 45.2 Å². The molecular weight excluding hydrogens is 623 g/mol. The van der Waals surface area contributed by atoms with E-state index >= 15 is 0 Å². The van der Waals surface area contributed by atoms with E-state index in [1.54, 1.807) is 0 Å². The number of anilines is 1. The molecule has 0 aliphatic carbocycles. The number of para-hydroxylation sites is 1. The second-order valence-corrected chi connectivity index (χ2v) is 12.9. The molecule has 0 atom stereocenters. The average molecular weight is 646 g/mol. The molecular formula is C26H22F3NO9S3. The molecule has 10 nitrogen and oxygen atoms in total. The van der Waals surface area contributed by atoms with Crippen LogP contribution in [0.2, 0.25) is 0 Å². The number of hydrogen-bond acceptors (Lipinski definition) is 12. The first-order valence-corrected chi connectivity index (χ1v) is 14.2. The number of alkyl halides is 3. The summed E-state index contributed by atoms with van der Waals surface area (Å²) in [4.78, 5) is 65.1. The number of methoxy groups -OCH3 is 4. The number of carbonyl (C=O) groups excluding carboxylic acids is 5. The summed E-state index contributed by atoms with van der Waals surface area (Å²) >= 11 is 1.98. The minimum atomic E-state index is -5.27. The Morgan fingerprint density at radius 3 is 1.71 bits per heavy atom. The molecule has 1 aromatic carbocycles. The van der Waals surface area contributed by atoms with E-state index in [0.29, 0.717) is 40.2 Å². The standard InChI is InChI=1S/C26H22F3NO9S3/c1-24(2)18-13(11-9-7-8-10-12(11)30(24)23(35)26(27,28)29)25(14(19(31)36-3)15(40-18)20(32)37-4)41-16(21(33)38-5)17(42-25)22(34)39-6/h7-10H,1-6H3. The molecule has 1 spiro atoms. The van der Waals surface area contributed by atoms with Crippen molar-refractivity contribution in [3.8, 4) is 0 Å². The van der Waals surface area contributed by atoms with Gasteiger partial charge in [0, 0.05) is 16.0 Å². The monoisotopic (exact) mass is 645 g/mol. The van der Waals surface area contributed by atoms with Crippen LogP contribution < -0.4 is 4.90 Å². The topological polar surface area (TPSA) is 126 Å². The minimum Gasteiger partial charge on any atom is -0.466 e. The minimum absolute atomic E-state index is 0.0576. The predicted octanol–water partition coefficient (Wildman–Crippen LogP) is 4.17. The first-order valence-electron chi connectivity index (χ1n) is 11.8. The molecule has 0 bridgehead atoms. The summed E-state index contributed by atoms with van der Waals surface area (Å²) in [5.74, 6) is -6.17. The average Bonchev–Trinajstić information content (AvgIpc) is 3.34. The number of esters is 4. The SMILES string of the molecule is COC(=O)C1=C(C(=O)OC)SC2(S1)C(C(=O)OC)=C(C(=O)OC)SC1=C2c2ccccc2N(C(=O)C(F)(F)F)C1(C)C. The van der Waals surface area contributed by atoms with Crippen molar-refractivity contribution in [2.75, 3.05) is 33.3 Å². The fraction of sp³-hybridized carbons (Fsp3) is 0.346. The zero-order chi connectivity index (χ0) is 31.4. The predicted molar refractivity (Wildman–Crippen MR) is 149 cm³/mol. The molecule has 0 unspecified atom stereocenters. The fourth-order valence-corrected chi connectivity index (χ4v) is 9.81. The van der Waals surface area contributed by atoms with Gasteiger partial charge in [0.15, 0.2) is 0 Å². The Balaban J connectivity index is 2.17. The van der Waals surface area contributed by atoms with Gasteiger partial charge in [-0.1, -0.05) is 53.5 Å². The van der Waals surface area contributed by atoms with Crippen LogP contribution in [0, 0.1) is 0 Å². The van der Waals surface area contributed by atoms with Crippen molar-refractivity contribution in [2.24, 2.45) is 0 Å². The highest BCUT2D eigenvalue weighted by Crippen LogP contribution is 2.71. The quantitative estimate of drug-likeness (QED) is 0.345. The van der Waals surface area contributed by atoms with Crippen molar-refractivity contribution in [3.05, 3.63) is 55.0 Å². The van der Waals surface area contributed by atoms with E-state index in [2.05, 4.69) is 0 Å². The van der Waals surface area contributed by atoms with Crippen molar-refractivity contribution in [1.29, 1.82) is 0 Å². The van der Waals surface area contributed by atoms with Crippen LogP contribution in [-0.2, 0) is 42.9 Å².